The van der Waals surface area contributed by atoms with Gasteiger partial charge in [-0.3, -0.25) is 9.59 Å². The fraction of sp³-hybridized carbons (Fsp3) is 0.125. The Kier molecular flexibility index (Phi) is 5.27. The number of rotatable bonds is 5. The average Bonchev–Trinajstić information content (AvgIpc) is 2.47. The number of carbonyl (C=O) groups is 2. The van der Waals surface area contributed by atoms with Crippen molar-refractivity contribution in [3.8, 4) is 0 Å². The van der Waals surface area contributed by atoms with Gasteiger partial charge in [0.05, 0.1) is 5.69 Å². The van der Waals surface area contributed by atoms with Crippen LogP contribution >= 0.6 is 11.8 Å². The summed E-state index contributed by atoms with van der Waals surface area (Å²) in [4.78, 5) is 24.0. The SMILES string of the molecule is CC(=O)c1ccccc1NC(=O)c1ccc(SC(F)F)cc1. The van der Waals surface area contributed by atoms with Crippen molar-refractivity contribution in [2.75, 3.05) is 5.32 Å². The lowest BCUT2D eigenvalue weighted by molar-refractivity contribution is 0.101. The zero-order valence-corrected chi connectivity index (χ0v) is 12.5. The zero-order chi connectivity index (χ0) is 16.1. The molecule has 2 rings (SSSR count). The van der Waals surface area contributed by atoms with Gasteiger partial charge in [0, 0.05) is 16.0 Å². The van der Waals surface area contributed by atoms with Gasteiger partial charge in [-0.1, -0.05) is 23.9 Å². The van der Waals surface area contributed by atoms with Gasteiger partial charge in [0.15, 0.2) is 5.78 Å². The molecule has 2 aromatic carbocycles. The molecule has 22 heavy (non-hydrogen) atoms. The Morgan fingerprint density at radius 3 is 2.27 bits per heavy atom. The minimum Gasteiger partial charge on any atom is -0.321 e. The summed E-state index contributed by atoms with van der Waals surface area (Å²) in [6.07, 6.45) is 0. The van der Waals surface area contributed by atoms with Crippen LogP contribution in [0.25, 0.3) is 0 Å². The highest BCUT2D eigenvalue weighted by atomic mass is 32.2. The fourth-order valence-corrected chi connectivity index (χ4v) is 2.38. The van der Waals surface area contributed by atoms with Crippen molar-refractivity contribution in [3.05, 3.63) is 59.7 Å². The summed E-state index contributed by atoms with van der Waals surface area (Å²) in [5.41, 5.74) is 1.17. The van der Waals surface area contributed by atoms with Crippen LogP contribution in [0.2, 0.25) is 0 Å². The van der Waals surface area contributed by atoms with E-state index in [0.717, 1.165) is 0 Å². The number of para-hydroxylation sites is 1. The first-order valence-electron chi connectivity index (χ1n) is 6.43. The monoisotopic (exact) mass is 321 g/mol. The van der Waals surface area contributed by atoms with Gasteiger partial charge < -0.3 is 5.32 Å². The number of anilines is 1. The van der Waals surface area contributed by atoms with Crippen LogP contribution in [0.4, 0.5) is 14.5 Å². The molecule has 0 aliphatic rings. The standard InChI is InChI=1S/C16H13F2NO2S/c1-10(20)13-4-2-3-5-14(13)19-15(21)11-6-8-12(9-7-11)22-16(17)18/h2-9,16H,1H3,(H,19,21). The van der Waals surface area contributed by atoms with Gasteiger partial charge in [-0.05, 0) is 43.3 Å². The third kappa shape index (κ3) is 4.14. The maximum absolute atomic E-state index is 12.2. The number of carbonyl (C=O) groups excluding carboxylic acids is 2. The predicted octanol–water partition coefficient (Wildman–Crippen LogP) is 4.46. The molecule has 0 fully saturated rings. The van der Waals surface area contributed by atoms with Crippen molar-refractivity contribution >= 4 is 29.1 Å². The fourth-order valence-electron chi connectivity index (χ4n) is 1.88. The first-order valence-corrected chi connectivity index (χ1v) is 7.31. The second-order valence-corrected chi connectivity index (χ2v) is 5.52. The number of nitrogens with one attached hydrogen (secondary N) is 1. The molecule has 0 unspecified atom stereocenters. The molecule has 0 aliphatic carbocycles. The van der Waals surface area contributed by atoms with Crippen molar-refractivity contribution in [3.63, 3.8) is 0 Å². The minimum atomic E-state index is -2.50. The number of alkyl halides is 2. The van der Waals surface area contributed by atoms with E-state index in [9.17, 15) is 18.4 Å². The Balaban J connectivity index is 2.14. The van der Waals surface area contributed by atoms with E-state index in [4.69, 9.17) is 0 Å². The first kappa shape index (κ1) is 16.2. The number of benzene rings is 2. The normalized spacial score (nSPS) is 10.5. The number of Topliss-reactive ketones (excluding diaryl/α,β-unsaturated/α-hetero) is 1. The Morgan fingerprint density at radius 1 is 1.05 bits per heavy atom. The lowest BCUT2D eigenvalue weighted by atomic mass is 10.1. The van der Waals surface area contributed by atoms with Crippen LogP contribution in [0.15, 0.2) is 53.4 Å². The number of amides is 1. The summed E-state index contributed by atoms with van der Waals surface area (Å²) in [6.45, 7) is 1.42. The van der Waals surface area contributed by atoms with E-state index in [1.807, 2.05) is 0 Å². The van der Waals surface area contributed by atoms with Crippen molar-refractivity contribution in [1.82, 2.24) is 0 Å². The molecule has 1 N–H and O–H groups in total. The van der Waals surface area contributed by atoms with Crippen LogP contribution < -0.4 is 5.32 Å². The third-order valence-electron chi connectivity index (χ3n) is 2.90. The molecule has 0 spiro atoms. The predicted molar refractivity (Wildman–Crippen MR) is 82.7 cm³/mol. The summed E-state index contributed by atoms with van der Waals surface area (Å²) < 4.78 is 24.5. The highest BCUT2D eigenvalue weighted by Crippen LogP contribution is 2.25. The van der Waals surface area contributed by atoms with Crippen molar-refractivity contribution in [1.29, 1.82) is 0 Å². The van der Waals surface area contributed by atoms with E-state index >= 15 is 0 Å². The number of hydrogen-bond acceptors (Lipinski definition) is 3. The van der Waals surface area contributed by atoms with Crippen LogP contribution in [-0.2, 0) is 0 Å². The molecular formula is C16H13F2NO2S. The second kappa shape index (κ2) is 7.17. The van der Waals surface area contributed by atoms with Gasteiger partial charge in [-0.25, -0.2) is 0 Å². The summed E-state index contributed by atoms with van der Waals surface area (Å²) in [5, 5.41) is 2.65. The molecule has 6 heteroatoms. The highest BCUT2D eigenvalue weighted by Gasteiger charge is 2.12. The molecule has 2 aromatic rings. The second-order valence-electron chi connectivity index (χ2n) is 4.46. The molecule has 0 bridgehead atoms. The van der Waals surface area contributed by atoms with E-state index in [2.05, 4.69) is 5.32 Å². The molecular weight excluding hydrogens is 308 g/mol. The summed E-state index contributed by atoms with van der Waals surface area (Å²) in [7, 11) is 0. The zero-order valence-electron chi connectivity index (χ0n) is 11.7. The summed E-state index contributed by atoms with van der Waals surface area (Å²) in [6, 6.07) is 12.5. The van der Waals surface area contributed by atoms with E-state index in [1.54, 1.807) is 24.3 Å². The van der Waals surface area contributed by atoms with E-state index in [0.29, 0.717) is 33.5 Å². The molecule has 0 radical (unpaired) electrons. The van der Waals surface area contributed by atoms with Crippen molar-refractivity contribution in [2.24, 2.45) is 0 Å². The number of ketones is 1. The van der Waals surface area contributed by atoms with Gasteiger partial charge in [-0.2, -0.15) is 8.78 Å². The quantitative estimate of drug-likeness (QED) is 0.653. The first-order chi connectivity index (χ1) is 10.5. The molecule has 0 atom stereocenters. The Hall–Kier alpha value is -2.21. The summed E-state index contributed by atoms with van der Waals surface area (Å²) in [5.74, 6) is -3.05. The van der Waals surface area contributed by atoms with E-state index in [-0.39, 0.29) is 5.78 Å². The van der Waals surface area contributed by atoms with Crippen LogP contribution in [-0.4, -0.2) is 17.4 Å². The largest absolute Gasteiger partial charge is 0.321 e. The van der Waals surface area contributed by atoms with Gasteiger partial charge in [-0.15, -0.1) is 0 Å². The maximum atomic E-state index is 12.2. The molecule has 114 valence electrons. The van der Waals surface area contributed by atoms with E-state index < -0.39 is 11.7 Å². The van der Waals surface area contributed by atoms with Gasteiger partial charge >= 0.3 is 0 Å². The molecule has 0 saturated carbocycles. The molecule has 3 nitrogen and oxygen atoms in total. The van der Waals surface area contributed by atoms with Crippen LogP contribution in [0.1, 0.15) is 27.6 Å². The molecule has 0 heterocycles. The summed E-state index contributed by atoms with van der Waals surface area (Å²) >= 11 is 0.419. The smallest absolute Gasteiger partial charge is 0.288 e. The lowest BCUT2D eigenvalue weighted by Gasteiger charge is -2.09. The van der Waals surface area contributed by atoms with Crippen LogP contribution in [0.5, 0.6) is 0 Å². The topological polar surface area (TPSA) is 46.2 Å². The highest BCUT2D eigenvalue weighted by molar-refractivity contribution is 7.99. The van der Waals surface area contributed by atoms with Crippen LogP contribution in [0, 0.1) is 0 Å². The average molecular weight is 321 g/mol. The van der Waals surface area contributed by atoms with Gasteiger partial charge in [0.2, 0.25) is 0 Å². The number of halogens is 2. The number of thioether (sulfide) groups is 1. The Bertz CT molecular complexity index is 687. The molecule has 0 aliphatic heterocycles. The number of hydrogen-bond donors (Lipinski definition) is 1. The van der Waals surface area contributed by atoms with Crippen molar-refractivity contribution in [2.45, 2.75) is 17.6 Å². The van der Waals surface area contributed by atoms with Crippen molar-refractivity contribution < 1.29 is 18.4 Å². The van der Waals surface area contributed by atoms with Crippen LogP contribution in [0.3, 0.4) is 0 Å². The molecule has 1 amide bonds. The Labute approximate surface area is 130 Å². The van der Waals surface area contributed by atoms with E-state index in [1.165, 1.54) is 31.2 Å². The molecule has 0 aromatic heterocycles. The maximum Gasteiger partial charge on any atom is 0.288 e. The lowest BCUT2D eigenvalue weighted by Crippen LogP contribution is -2.14. The molecule has 0 saturated heterocycles. The Morgan fingerprint density at radius 2 is 1.68 bits per heavy atom. The van der Waals surface area contributed by atoms with Gasteiger partial charge in [0.25, 0.3) is 11.7 Å². The van der Waals surface area contributed by atoms with Gasteiger partial charge in [0.1, 0.15) is 0 Å². The third-order valence-corrected chi connectivity index (χ3v) is 3.62. The minimum absolute atomic E-state index is 0.153.